The third-order valence-corrected chi connectivity index (χ3v) is 8.36. The highest BCUT2D eigenvalue weighted by Gasteiger charge is 2.65. The van der Waals surface area contributed by atoms with Gasteiger partial charge in [0.2, 0.25) is 0 Å². The zero-order valence-corrected chi connectivity index (χ0v) is 23.1. The third kappa shape index (κ3) is 5.12. The molecule has 3 aromatic carbocycles. The van der Waals surface area contributed by atoms with E-state index in [1.165, 1.54) is 4.90 Å². The number of benzene rings is 3. The molecule has 7 nitrogen and oxygen atoms in total. The molecule has 2 aliphatic rings. The fourth-order valence-electron chi connectivity index (χ4n) is 4.82. The molecule has 4 atom stereocenters. The van der Waals surface area contributed by atoms with Crippen molar-refractivity contribution in [2.75, 3.05) is 12.5 Å². The lowest BCUT2D eigenvalue weighted by atomic mass is 9.89. The standard InChI is InChI=1S/C29H25Cl3N2O5/c1-18-12-14-21(15-13-18)25(35)34(32)22-26(36)33-24(29(31,16-30)17-38-27(22)33)28(37)39-23(19-8-4-2-5-9-19)20-10-6-3-7-11-20/h2-15,22-24,27H,16-17H2,1H3/t22-,24-,27?,29?/m0/s1. The van der Waals surface area contributed by atoms with E-state index in [1.54, 1.807) is 24.3 Å². The number of β-lactam (4-membered cyclic amide) rings is 1. The normalized spacial score (nSPS) is 24.1. The first-order valence-electron chi connectivity index (χ1n) is 12.3. The number of carbonyl (C=O) groups excluding carboxylic acids is 3. The number of rotatable bonds is 7. The van der Waals surface area contributed by atoms with Crippen LogP contribution in [-0.2, 0) is 19.1 Å². The Hall–Kier alpha value is -3.10. The van der Waals surface area contributed by atoms with Gasteiger partial charge in [0.15, 0.2) is 24.4 Å². The number of carbonyl (C=O) groups is 3. The van der Waals surface area contributed by atoms with Crippen LogP contribution in [0.1, 0.15) is 33.2 Å². The molecule has 2 amide bonds. The second-order valence-corrected chi connectivity index (χ2v) is 11.0. The molecule has 5 rings (SSSR count). The maximum absolute atomic E-state index is 13.8. The molecule has 2 unspecified atom stereocenters. The van der Waals surface area contributed by atoms with Crippen molar-refractivity contribution in [2.45, 2.75) is 36.2 Å². The summed E-state index contributed by atoms with van der Waals surface area (Å²) in [7, 11) is 0. The Labute approximate surface area is 241 Å². The van der Waals surface area contributed by atoms with Gasteiger partial charge in [-0.3, -0.25) is 14.5 Å². The molecule has 10 heteroatoms. The van der Waals surface area contributed by atoms with E-state index in [2.05, 4.69) is 0 Å². The number of fused-ring (bicyclic) bond motifs is 1. The van der Waals surface area contributed by atoms with Gasteiger partial charge < -0.3 is 9.47 Å². The molecule has 0 radical (unpaired) electrons. The van der Waals surface area contributed by atoms with E-state index in [1.807, 2.05) is 67.6 Å². The van der Waals surface area contributed by atoms with Crippen LogP contribution < -0.4 is 0 Å². The second kappa shape index (κ2) is 11.2. The van der Waals surface area contributed by atoms with E-state index in [-0.39, 0.29) is 12.5 Å². The van der Waals surface area contributed by atoms with Crippen molar-refractivity contribution in [1.29, 1.82) is 0 Å². The number of halogens is 3. The Bertz CT molecular complexity index is 1320. The molecule has 0 aliphatic carbocycles. The maximum atomic E-state index is 13.8. The van der Waals surface area contributed by atoms with E-state index >= 15 is 0 Å². The molecule has 2 heterocycles. The van der Waals surface area contributed by atoms with Crippen LogP contribution in [0.15, 0.2) is 84.9 Å². The molecule has 2 aliphatic heterocycles. The van der Waals surface area contributed by atoms with Gasteiger partial charge in [-0.15, -0.1) is 23.2 Å². The number of hydrogen-bond acceptors (Lipinski definition) is 5. The number of aryl methyl sites for hydroxylation is 1. The highest BCUT2D eigenvalue weighted by molar-refractivity contribution is 6.33. The van der Waals surface area contributed by atoms with Gasteiger partial charge in [-0.05, 0) is 30.2 Å². The van der Waals surface area contributed by atoms with Gasteiger partial charge in [-0.2, -0.15) is 0 Å². The lowest BCUT2D eigenvalue weighted by molar-refractivity contribution is -0.225. The largest absolute Gasteiger partial charge is 0.451 e. The first kappa shape index (κ1) is 27.5. The lowest BCUT2D eigenvalue weighted by Gasteiger charge is -2.57. The van der Waals surface area contributed by atoms with Crippen molar-refractivity contribution in [3.05, 3.63) is 107 Å². The zero-order chi connectivity index (χ0) is 27.7. The van der Waals surface area contributed by atoms with Gasteiger partial charge in [-0.1, -0.05) is 78.4 Å². The average molecular weight is 588 g/mol. The van der Waals surface area contributed by atoms with E-state index < -0.39 is 47.1 Å². The maximum Gasteiger partial charge on any atom is 0.331 e. The predicted octanol–water partition coefficient (Wildman–Crippen LogP) is 5.08. The summed E-state index contributed by atoms with van der Waals surface area (Å²) in [5.41, 5.74) is 2.78. The van der Waals surface area contributed by atoms with Crippen LogP contribution in [-0.4, -0.2) is 62.8 Å². The smallest absolute Gasteiger partial charge is 0.331 e. The highest BCUT2D eigenvalue weighted by Crippen LogP contribution is 2.43. The fourth-order valence-corrected chi connectivity index (χ4v) is 5.58. The SMILES string of the molecule is Cc1ccc(C(=O)N(Cl)[C@H]2C(=O)N3C2OCC(Cl)(CCl)[C@@H]3C(=O)OC(c2ccccc2)c2ccccc2)cc1. The third-order valence-electron chi connectivity index (χ3n) is 6.93. The molecule has 2 saturated heterocycles. The topological polar surface area (TPSA) is 76.2 Å². The summed E-state index contributed by atoms with van der Waals surface area (Å²) >= 11 is 19.4. The van der Waals surface area contributed by atoms with E-state index in [4.69, 9.17) is 44.5 Å². The van der Waals surface area contributed by atoms with Crippen LogP contribution >= 0.6 is 35.0 Å². The summed E-state index contributed by atoms with van der Waals surface area (Å²) in [5.74, 6) is -2.09. The average Bonchev–Trinajstić information content (AvgIpc) is 2.96. The van der Waals surface area contributed by atoms with Crippen LogP contribution in [0.3, 0.4) is 0 Å². The van der Waals surface area contributed by atoms with Crippen molar-refractivity contribution < 1.29 is 23.9 Å². The minimum Gasteiger partial charge on any atom is -0.451 e. The Morgan fingerprint density at radius 1 is 1.03 bits per heavy atom. The molecule has 2 fully saturated rings. The molecule has 0 spiro atoms. The van der Waals surface area contributed by atoms with Crippen LogP contribution in [0.25, 0.3) is 0 Å². The number of alkyl halides is 2. The minimum atomic E-state index is -1.45. The summed E-state index contributed by atoms with van der Waals surface area (Å²) in [6.45, 7) is 1.73. The second-order valence-electron chi connectivity index (χ2n) is 9.58. The van der Waals surface area contributed by atoms with Gasteiger partial charge in [0, 0.05) is 23.2 Å². The van der Waals surface area contributed by atoms with Gasteiger partial charge in [0.05, 0.1) is 6.61 Å². The van der Waals surface area contributed by atoms with Crippen molar-refractivity contribution in [2.24, 2.45) is 0 Å². The van der Waals surface area contributed by atoms with Gasteiger partial charge >= 0.3 is 5.97 Å². The van der Waals surface area contributed by atoms with Crippen molar-refractivity contribution in [1.82, 2.24) is 9.32 Å². The Morgan fingerprint density at radius 2 is 1.59 bits per heavy atom. The molecule has 3 aromatic rings. The van der Waals surface area contributed by atoms with E-state index in [0.717, 1.165) is 21.1 Å². The van der Waals surface area contributed by atoms with E-state index in [9.17, 15) is 14.4 Å². The first-order valence-corrected chi connectivity index (χ1v) is 13.6. The van der Waals surface area contributed by atoms with Crippen molar-refractivity contribution >= 4 is 52.8 Å². The highest BCUT2D eigenvalue weighted by atomic mass is 35.5. The van der Waals surface area contributed by atoms with Gasteiger partial charge in [-0.25, -0.2) is 9.21 Å². The molecule has 202 valence electrons. The van der Waals surface area contributed by atoms with Crippen LogP contribution in [0.4, 0.5) is 0 Å². The molecule has 0 aromatic heterocycles. The predicted molar refractivity (Wildman–Crippen MR) is 147 cm³/mol. The van der Waals surface area contributed by atoms with Crippen LogP contribution in [0.2, 0.25) is 0 Å². The quantitative estimate of drug-likeness (QED) is 0.167. The molecule has 0 N–H and O–H groups in total. The fraction of sp³-hybridized carbons (Fsp3) is 0.276. The number of amides is 2. The van der Waals surface area contributed by atoms with Crippen LogP contribution in [0.5, 0.6) is 0 Å². The Kier molecular flexibility index (Phi) is 7.87. The zero-order valence-electron chi connectivity index (χ0n) is 20.9. The molecule has 0 bridgehead atoms. The van der Waals surface area contributed by atoms with Gasteiger partial charge in [0.25, 0.3) is 11.8 Å². The van der Waals surface area contributed by atoms with Gasteiger partial charge in [0.1, 0.15) is 4.87 Å². The first-order chi connectivity index (χ1) is 18.7. The number of nitrogens with zero attached hydrogens (tertiary/aromatic N) is 2. The Morgan fingerprint density at radius 3 is 2.13 bits per heavy atom. The van der Waals surface area contributed by atoms with E-state index in [0.29, 0.717) is 5.56 Å². The minimum absolute atomic E-state index is 0.159. The molecule has 0 saturated carbocycles. The summed E-state index contributed by atoms with van der Waals surface area (Å²) in [6, 6.07) is 22.9. The number of hydrogen-bond donors (Lipinski definition) is 0. The monoisotopic (exact) mass is 586 g/mol. The Balaban J connectivity index is 1.41. The summed E-state index contributed by atoms with van der Waals surface area (Å²) in [6.07, 6.45) is -1.75. The summed E-state index contributed by atoms with van der Waals surface area (Å²) in [5, 5.41) is 0. The molecular weight excluding hydrogens is 563 g/mol. The number of ether oxygens (including phenoxy) is 2. The lowest BCUT2D eigenvalue weighted by Crippen LogP contribution is -2.80. The van der Waals surface area contributed by atoms with Crippen molar-refractivity contribution in [3.8, 4) is 0 Å². The summed E-state index contributed by atoms with van der Waals surface area (Å²) < 4.78 is 12.7. The van der Waals surface area contributed by atoms with Crippen molar-refractivity contribution in [3.63, 3.8) is 0 Å². The summed E-state index contributed by atoms with van der Waals surface area (Å²) in [4.78, 5) is 40.0. The molecular formula is C29H25Cl3N2O5. The number of esters is 1. The molecule has 39 heavy (non-hydrogen) atoms. The van der Waals surface area contributed by atoms with Crippen LogP contribution in [0, 0.1) is 6.92 Å².